The summed E-state index contributed by atoms with van der Waals surface area (Å²) < 4.78 is 68.7. The molecule has 3 N–H and O–H groups in total. The fourth-order valence-electron chi connectivity index (χ4n) is 11.1. The van der Waals surface area contributed by atoms with Crippen LogP contribution in [0.2, 0.25) is 0 Å². The number of hydrogen-bond donors (Lipinski definition) is 3. The summed E-state index contributed by atoms with van der Waals surface area (Å²) in [6, 6.07) is 0. The molecule has 0 fully saturated rings. The highest BCUT2D eigenvalue weighted by atomic mass is 31.2. The molecule has 0 aromatic heterocycles. The summed E-state index contributed by atoms with van der Waals surface area (Å²) in [6.07, 6.45) is 91.3. The van der Waals surface area contributed by atoms with Crippen LogP contribution in [0.1, 0.15) is 349 Å². The summed E-state index contributed by atoms with van der Waals surface area (Å²) in [5.41, 5.74) is 0. The van der Waals surface area contributed by atoms with E-state index in [4.69, 9.17) is 37.0 Å². The largest absolute Gasteiger partial charge is 0.472 e. The maximum Gasteiger partial charge on any atom is 0.472 e. The van der Waals surface area contributed by atoms with Crippen LogP contribution in [-0.4, -0.2) is 96.7 Å². The molecule has 0 saturated heterocycles. The van der Waals surface area contributed by atoms with Crippen LogP contribution in [0.5, 0.6) is 0 Å². The van der Waals surface area contributed by atoms with Crippen LogP contribution < -0.4 is 0 Å². The number of phosphoric ester groups is 2. The lowest BCUT2D eigenvalue weighted by Crippen LogP contribution is -2.30. The van der Waals surface area contributed by atoms with Gasteiger partial charge in [0.25, 0.3) is 0 Å². The van der Waals surface area contributed by atoms with Crippen LogP contribution in [-0.2, 0) is 65.4 Å². The Morgan fingerprint density at radius 1 is 0.269 bits per heavy atom. The van der Waals surface area contributed by atoms with Gasteiger partial charge in [0.15, 0.2) is 12.2 Å². The Morgan fingerprint density at radius 3 is 0.787 bits per heavy atom. The number of aliphatic hydroxyl groups is 1. The number of carbonyl (C=O) groups is 4. The maximum absolute atomic E-state index is 13.1. The van der Waals surface area contributed by atoms with E-state index in [2.05, 4.69) is 161 Å². The van der Waals surface area contributed by atoms with Gasteiger partial charge in [-0.2, -0.15) is 0 Å². The van der Waals surface area contributed by atoms with Crippen molar-refractivity contribution in [3.8, 4) is 0 Å². The van der Waals surface area contributed by atoms with E-state index < -0.39 is 97.5 Å². The standard InChI is InChI=1S/C89H152O17P2/c1-5-9-13-17-21-25-29-33-37-39-41-43-47-50-54-58-62-66-70-74-87(92)100-80-85(106-89(94)76-72-68-64-60-56-52-48-44-42-40-38-34-30-26-22-18-14-10-6-2)82-104-108(97,98)102-78-83(90)77-101-107(95,96)103-81-84(105-88(93)75-71-67-63-59-55-51-46-36-32-28-24-20-16-12-8-4)79-99-86(91)73-69-65-61-57-53-49-45-35-31-27-23-19-15-11-7-3/h11,15,21-23,25-27,33-38,41-46,53,57,83-85,90H,5-10,12-14,16-20,24,28-32,39-40,47-52,54-56,58-82H2,1-4H3,(H,95,96)(H,97,98)/b15-11-,25-21-,26-22-,27-23-,37-33-,38-34-,43-41-,44-42-,45-35-,46-36-,57-53-. The summed E-state index contributed by atoms with van der Waals surface area (Å²) >= 11 is 0. The number of ether oxygens (including phenoxy) is 4. The lowest BCUT2D eigenvalue weighted by Gasteiger charge is -2.21. The number of carbonyl (C=O) groups excluding carboxylic acids is 4. The Kier molecular flexibility index (Phi) is 76.7. The molecule has 5 atom stereocenters. The molecule has 0 aliphatic heterocycles. The van der Waals surface area contributed by atoms with Gasteiger partial charge in [0.2, 0.25) is 0 Å². The van der Waals surface area contributed by atoms with Crippen molar-refractivity contribution in [2.45, 2.75) is 367 Å². The Morgan fingerprint density at radius 2 is 0.481 bits per heavy atom. The Hall–Kier alpha value is -4.80. The first-order valence-corrected chi connectivity index (χ1v) is 45.4. The molecule has 0 heterocycles. The van der Waals surface area contributed by atoms with Gasteiger partial charge in [-0.3, -0.25) is 37.3 Å². The second-order valence-corrected chi connectivity index (χ2v) is 30.9. The number of aliphatic hydroxyl groups excluding tert-OH is 1. The van der Waals surface area contributed by atoms with E-state index in [1.165, 1.54) is 77.0 Å². The number of unbranched alkanes of at least 4 members (excludes halogenated alkanes) is 31. The van der Waals surface area contributed by atoms with Crippen molar-refractivity contribution in [3.05, 3.63) is 134 Å². The lowest BCUT2D eigenvalue weighted by molar-refractivity contribution is -0.161. The van der Waals surface area contributed by atoms with Crippen molar-refractivity contribution in [1.82, 2.24) is 0 Å². The minimum Gasteiger partial charge on any atom is -0.462 e. The monoisotopic (exact) mass is 1560 g/mol. The average Bonchev–Trinajstić information content (AvgIpc) is 0.899. The molecule has 17 nitrogen and oxygen atoms in total. The van der Waals surface area contributed by atoms with Crippen molar-refractivity contribution >= 4 is 39.5 Å². The third-order valence-corrected chi connectivity index (χ3v) is 19.5. The van der Waals surface area contributed by atoms with Crippen molar-refractivity contribution in [2.75, 3.05) is 39.6 Å². The summed E-state index contributed by atoms with van der Waals surface area (Å²) in [5.74, 6) is -2.25. The third kappa shape index (κ3) is 79.3. The van der Waals surface area contributed by atoms with E-state index >= 15 is 0 Å². The van der Waals surface area contributed by atoms with E-state index in [0.29, 0.717) is 25.7 Å². The van der Waals surface area contributed by atoms with E-state index in [-0.39, 0.29) is 25.7 Å². The Balaban J connectivity index is 5.43. The van der Waals surface area contributed by atoms with Gasteiger partial charge in [-0.05, 0) is 167 Å². The van der Waals surface area contributed by atoms with E-state index in [0.717, 1.165) is 193 Å². The fraction of sp³-hybridized carbons (Fsp3) is 0.708. The van der Waals surface area contributed by atoms with Gasteiger partial charge in [-0.1, -0.05) is 290 Å². The molecule has 0 bridgehead atoms. The smallest absolute Gasteiger partial charge is 0.462 e. The van der Waals surface area contributed by atoms with Crippen LogP contribution in [0, 0.1) is 0 Å². The molecule has 0 amide bonds. The summed E-state index contributed by atoms with van der Waals surface area (Å²) in [4.78, 5) is 73.2. The molecule has 0 saturated carbocycles. The van der Waals surface area contributed by atoms with Crippen molar-refractivity contribution in [2.24, 2.45) is 0 Å². The van der Waals surface area contributed by atoms with Gasteiger partial charge in [0, 0.05) is 25.7 Å². The molecule has 5 unspecified atom stereocenters. The molecular weight excluding hydrogens is 1400 g/mol. The zero-order valence-electron chi connectivity index (χ0n) is 68.0. The first kappa shape index (κ1) is 103. The number of hydrogen-bond acceptors (Lipinski definition) is 15. The van der Waals surface area contributed by atoms with E-state index in [9.17, 15) is 43.2 Å². The van der Waals surface area contributed by atoms with Gasteiger partial charge in [0.05, 0.1) is 26.4 Å². The molecule has 620 valence electrons. The third-order valence-electron chi connectivity index (χ3n) is 17.6. The molecule has 19 heteroatoms. The molecule has 0 radical (unpaired) electrons. The van der Waals surface area contributed by atoms with Gasteiger partial charge < -0.3 is 33.8 Å². The summed E-state index contributed by atoms with van der Waals surface area (Å²) in [7, 11) is -9.99. The molecular formula is C89H152O17P2. The van der Waals surface area contributed by atoms with Crippen molar-refractivity contribution in [3.63, 3.8) is 0 Å². The number of allylic oxidation sites excluding steroid dienone is 22. The lowest BCUT2D eigenvalue weighted by atomic mass is 10.1. The van der Waals surface area contributed by atoms with Gasteiger partial charge in [0.1, 0.15) is 19.3 Å². The fourth-order valence-corrected chi connectivity index (χ4v) is 12.7. The molecule has 0 aromatic carbocycles. The zero-order valence-corrected chi connectivity index (χ0v) is 69.8. The van der Waals surface area contributed by atoms with Crippen LogP contribution >= 0.6 is 15.6 Å². The van der Waals surface area contributed by atoms with Gasteiger partial charge in [-0.25, -0.2) is 9.13 Å². The Bertz CT molecular complexity index is 2560. The highest BCUT2D eigenvalue weighted by Crippen LogP contribution is 2.45. The van der Waals surface area contributed by atoms with Crippen LogP contribution in [0.15, 0.2) is 134 Å². The van der Waals surface area contributed by atoms with E-state index in [1.807, 2.05) is 0 Å². The normalized spacial score (nSPS) is 14.5. The molecule has 108 heavy (non-hydrogen) atoms. The SMILES string of the molecule is CC/C=C\C/C=C\C/C=C\C/C=C\CCCCC(=O)OCC(COP(=O)(O)OCC(O)COP(=O)(O)OCC(COC(=O)CCCCCCCC/C=C\C/C=C\C/C=C\CCCCC)OC(=O)CCCCCCCC/C=C\C/C=C\C/C=C\CCCCC)OC(=O)CCCCCCC/C=C\CCCCCCCC. The first-order valence-electron chi connectivity index (χ1n) is 42.4. The average molecular weight is 1560 g/mol. The topological polar surface area (TPSA) is 237 Å². The predicted molar refractivity (Wildman–Crippen MR) is 445 cm³/mol. The van der Waals surface area contributed by atoms with Crippen molar-refractivity contribution in [1.29, 1.82) is 0 Å². The number of esters is 4. The van der Waals surface area contributed by atoms with Crippen molar-refractivity contribution < 1.29 is 80.2 Å². The predicted octanol–water partition coefficient (Wildman–Crippen LogP) is 25.2. The minimum absolute atomic E-state index is 0.0734. The summed E-state index contributed by atoms with van der Waals surface area (Å²) in [6.45, 7) is 4.65. The van der Waals surface area contributed by atoms with Crippen LogP contribution in [0.4, 0.5) is 0 Å². The summed E-state index contributed by atoms with van der Waals surface area (Å²) in [5, 5.41) is 10.7. The molecule has 0 aliphatic rings. The highest BCUT2D eigenvalue weighted by Gasteiger charge is 2.30. The Labute approximate surface area is 656 Å². The quantitative estimate of drug-likeness (QED) is 0.0169. The number of phosphoric acid groups is 2. The maximum atomic E-state index is 13.1. The van der Waals surface area contributed by atoms with Crippen LogP contribution in [0.3, 0.4) is 0 Å². The van der Waals surface area contributed by atoms with Gasteiger partial charge in [-0.15, -0.1) is 0 Å². The zero-order chi connectivity index (χ0) is 78.9. The number of rotatable bonds is 79. The molecule has 0 spiro atoms. The molecule has 0 rings (SSSR count). The van der Waals surface area contributed by atoms with Gasteiger partial charge >= 0.3 is 39.5 Å². The molecule has 0 aromatic rings. The van der Waals surface area contributed by atoms with E-state index in [1.54, 1.807) is 0 Å². The van der Waals surface area contributed by atoms with Crippen LogP contribution in [0.25, 0.3) is 0 Å². The molecule has 0 aliphatic carbocycles. The minimum atomic E-state index is -5.00. The second kappa shape index (κ2) is 80.3. The first-order chi connectivity index (χ1) is 52.7. The highest BCUT2D eigenvalue weighted by molar-refractivity contribution is 7.47. The second-order valence-electron chi connectivity index (χ2n) is 28.0.